The van der Waals surface area contributed by atoms with Crippen molar-refractivity contribution in [2.24, 2.45) is 0 Å². The summed E-state index contributed by atoms with van der Waals surface area (Å²) in [4.78, 5) is 19.6. The summed E-state index contributed by atoms with van der Waals surface area (Å²) in [6.07, 6.45) is 0. The molecule has 98 valence electrons. The zero-order chi connectivity index (χ0) is 13.1. The largest absolute Gasteiger partial charge is 0.479 e. The number of hydrogen-bond donors (Lipinski definition) is 1. The molecule has 0 aromatic carbocycles. The van der Waals surface area contributed by atoms with Gasteiger partial charge in [0.25, 0.3) is 0 Å². The standard InChI is InChI=1S/C12H18N4O2/c1-9(17)15-5-7-16(8-6-15)11-4-3-10(13)12(14-11)18-2/h3-4H,5-8,13H2,1-2H3. The minimum absolute atomic E-state index is 0.123. The van der Waals surface area contributed by atoms with Crippen LogP contribution in [0.5, 0.6) is 5.88 Å². The van der Waals surface area contributed by atoms with E-state index < -0.39 is 0 Å². The zero-order valence-electron chi connectivity index (χ0n) is 10.7. The van der Waals surface area contributed by atoms with Crippen LogP contribution in [0.2, 0.25) is 0 Å². The number of carbonyl (C=O) groups is 1. The number of pyridine rings is 1. The number of ether oxygens (including phenoxy) is 1. The van der Waals surface area contributed by atoms with Gasteiger partial charge in [0, 0.05) is 33.1 Å². The third-order valence-electron chi connectivity index (χ3n) is 3.12. The van der Waals surface area contributed by atoms with E-state index in [1.54, 1.807) is 20.1 Å². The predicted molar refractivity (Wildman–Crippen MR) is 69.7 cm³/mol. The number of amides is 1. The van der Waals surface area contributed by atoms with E-state index in [4.69, 9.17) is 10.5 Å². The normalized spacial score (nSPS) is 15.7. The Balaban J connectivity index is 2.07. The lowest BCUT2D eigenvalue weighted by Gasteiger charge is -2.35. The second kappa shape index (κ2) is 5.12. The third-order valence-corrected chi connectivity index (χ3v) is 3.12. The average Bonchev–Trinajstić information content (AvgIpc) is 2.39. The first kappa shape index (κ1) is 12.5. The summed E-state index contributed by atoms with van der Waals surface area (Å²) < 4.78 is 5.11. The maximum Gasteiger partial charge on any atom is 0.238 e. The van der Waals surface area contributed by atoms with Crippen molar-refractivity contribution in [3.05, 3.63) is 12.1 Å². The van der Waals surface area contributed by atoms with Gasteiger partial charge in [-0.05, 0) is 12.1 Å². The van der Waals surface area contributed by atoms with Crippen molar-refractivity contribution in [2.45, 2.75) is 6.92 Å². The molecule has 2 N–H and O–H groups in total. The van der Waals surface area contributed by atoms with Gasteiger partial charge in [-0.15, -0.1) is 0 Å². The molecule has 6 heteroatoms. The van der Waals surface area contributed by atoms with Crippen molar-refractivity contribution in [3.8, 4) is 5.88 Å². The zero-order valence-corrected chi connectivity index (χ0v) is 10.7. The highest BCUT2D eigenvalue weighted by Gasteiger charge is 2.20. The van der Waals surface area contributed by atoms with Crippen molar-refractivity contribution in [2.75, 3.05) is 43.9 Å². The van der Waals surface area contributed by atoms with Gasteiger partial charge in [-0.25, -0.2) is 0 Å². The number of rotatable bonds is 2. The topological polar surface area (TPSA) is 71.7 Å². The highest BCUT2D eigenvalue weighted by Crippen LogP contribution is 2.23. The van der Waals surface area contributed by atoms with Crippen LogP contribution in [0.4, 0.5) is 11.5 Å². The Kier molecular flexibility index (Phi) is 3.55. The van der Waals surface area contributed by atoms with E-state index in [1.165, 1.54) is 0 Å². The summed E-state index contributed by atoms with van der Waals surface area (Å²) in [7, 11) is 1.55. The van der Waals surface area contributed by atoms with Crippen LogP contribution >= 0.6 is 0 Å². The molecule has 18 heavy (non-hydrogen) atoms. The van der Waals surface area contributed by atoms with Crippen LogP contribution < -0.4 is 15.4 Å². The van der Waals surface area contributed by atoms with Gasteiger partial charge in [0.2, 0.25) is 11.8 Å². The number of piperazine rings is 1. The summed E-state index contributed by atoms with van der Waals surface area (Å²) >= 11 is 0. The quantitative estimate of drug-likeness (QED) is 0.819. The Bertz CT molecular complexity index is 442. The molecule has 1 aliphatic rings. The highest BCUT2D eigenvalue weighted by atomic mass is 16.5. The van der Waals surface area contributed by atoms with Crippen molar-refractivity contribution >= 4 is 17.4 Å². The summed E-state index contributed by atoms with van der Waals surface area (Å²) in [5.74, 6) is 1.41. The van der Waals surface area contributed by atoms with E-state index in [0.29, 0.717) is 11.6 Å². The molecule has 1 aromatic heterocycles. The van der Waals surface area contributed by atoms with Crippen molar-refractivity contribution in [3.63, 3.8) is 0 Å². The van der Waals surface area contributed by atoms with Crippen molar-refractivity contribution in [1.29, 1.82) is 0 Å². The summed E-state index contributed by atoms with van der Waals surface area (Å²) in [5, 5.41) is 0. The van der Waals surface area contributed by atoms with Crippen LogP contribution in [0.3, 0.4) is 0 Å². The average molecular weight is 250 g/mol. The minimum Gasteiger partial charge on any atom is -0.479 e. The number of methoxy groups -OCH3 is 1. The van der Waals surface area contributed by atoms with E-state index >= 15 is 0 Å². The maximum absolute atomic E-state index is 11.2. The lowest BCUT2D eigenvalue weighted by molar-refractivity contribution is -0.129. The van der Waals surface area contributed by atoms with E-state index in [2.05, 4.69) is 9.88 Å². The molecule has 0 unspecified atom stereocenters. The van der Waals surface area contributed by atoms with Crippen LogP contribution in [0.25, 0.3) is 0 Å². The number of nitrogens with two attached hydrogens (primary N) is 1. The van der Waals surface area contributed by atoms with E-state index in [9.17, 15) is 4.79 Å². The van der Waals surface area contributed by atoms with Gasteiger partial charge < -0.3 is 20.3 Å². The van der Waals surface area contributed by atoms with E-state index in [0.717, 1.165) is 32.0 Å². The molecule has 1 aromatic rings. The smallest absolute Gasteiger partial charge is 0.238 e. The van der Waals surface area contributed by atoms with Gasteiger partial charge in [0.05, 0.1) is 12.8 Å². The molecule has 0 aliphatic carbocycles. The summed E-state index contributed by atoms with van der Waals surface area (Å²) in [6, 6.07) is 3.67. The van der Waals surface area contributed by atoms with Crippen LogP contribution in [0.15, 0.2) is 12.1 Å². The second-order valence-corrected chi connectivity index (χ2v) is 4.26. The van der Waals surface area contributed by atoms with Gasteiger partial charge in [-0.3, -0.25) is 4.79 Å². The van der Waals surface area contributed by atoms with Gasteiger partial charge in [-0.2, -0.15) is 4.98 Å². The molecule has 0 spiro atoms. The molecule has 0 bridgehead atoms. The monoisotopic (exact) mass is 250 g/mol. The molecule has 0 radical (unpaired) electrons. The number of nitrogen functional groups attached to an aromatic ring is 1. The Morgan fingerprint density at radius 2 is 2.00 bits per heavy atom. The lowest BCUT2D eigenvalue weighted by Crippen LogP contribution is -2.48. The molecule has 6 nitrogen and oxygen atoms in total. The van der Waals surface area contributed by atoms with Crippen LogP contribution in [0.1, 0.15) is 6.92 Å². The lowest BCUT2D eigenvalue weighted by atomic mass is 10.3. The van der Waals surface area contributed by atoms with Crippen LogP contribution in [-0.4, -0.2) is 49.1 Å². The Hall–Kier alpha value is -1.98. The Morgan fingerprint density at radius 1 is 1.33 bits per heavy atom. The Labute approximate surface area is 106 Å². The fourth-order valence-electron chi connectivity index (χ4n) is 2.03. The fourth-order valence-corrected chi connectivity index (χ4v) is 2.03. The summed E-state index contributed by atoms with van der Waals surface area (Å²) in [6.45, 7) is 4.60. The van der Waals surface area contributed by atoms with Crippen LogP contribution in [0, 0.1) is 0 Å². The molecular weight excluding hydrogens is 232 g/mol. The van der Waals surface area contributed by atoms with Crippen molar-refractivity contribution < 1.29 is 9.53 Å². The number of anilines is 2. The minimum atomic E-state index is 0.123. The van der Waals surface area contributed by atoms with Crippen LogP contribution in [-0.2, 0) is 4.79 Å². The molecule has 1 saturated heterocycles. The van der Waals surface area contributed by atoms with Gasteiger partial charge >= 0.3 is 0 Å². The predicted octanol–water partition coefficient (Wildman–Crippen LogP) is 0.341. The number of carbonyl (C=O) groups excluding carboxylic acids is 1. The molecule has 1 amide bonds. The van der Waals surface area contributed by atoms with Crippen molar-refractivity contribution in [1.82, 2.24) is 9.88 Å². The summed E-state index contributed by atoms with van der Waals surface area (Å²) in [5.41, 5.74) is 6.26. The molecule has 2 rings (SSSR count). The molecular formula is C12H18N4O2. The van der Waals surface area contributed by atoms with Gasteiger partial charge in [-0.1, -0.05) is 0 Å². The van der Waals surface area contributed by atoms with E-state index in [1.807, 2.05) is 11.0 Å². The first-order chi connectivity index (χ1) is 8.61. The highest BCUT2D eigenvalue weighted by molar-refractivity contribution is 5.73. The van der Waals surface area contributed by atoms with Gasteiger partial charge in [0.15, 0.2) is 0 Å². The number of nitrogens with zero attached hydrogens (tertiary/aromatic N) is 3. The molecule has 1 aliphatic heterocycles. The third kappa shape index (κ3) is 2.47. The SMILES string of the molecule is COc1nc(N2CCN(C(C)=O)CC2)ccc1N. The first-order valence-electron chi connectivity index (χ1n) is 5.93. The fraction of sp³-hybridized carbons (Fsp3) is 0.500. The number of aromatic nitrogens is 1. The second-order valence-electron chi connectivity index (χ2n) is 4.26. The molecule has 1 fully saturated rings. The van der Waals surface area contributed by atoms with E-state index in [-0.39, 0.29) is 5.91 Å². The Morgan fingerprint density at radius 3 is 2.56 bits per heavy atom. The number of hydrogen-bond acceptors (Lipinski definition) is 5. The maximum atomic E-state index is 11.2. The molecule has 2 heterocycles. The first-order valence-corrected chi connectivity index (χ1v) is 5.93. The molecule has 0 saturated carbocycles. The van der Waals surface area contributed by atoms with Gasteiger partial charge in [0.1, 0.15) is 5.82 Å². The molecule has 0 atom stereocenters.